The van der Waals surface area contributed by atoms with Gasteiger partial charge >= 0.3 is 6.09 Å². The van der Waals surface area contributed by atoms with E-state index in [0.29, 0.717) is 56.4 Å². The van der Waals surface area contributed by atoms with Crippen molar-refractivity contribution in [2.24, 2.45) is 5.92 Å². The lowest BCUT2D eigenvalue weighted by Gasteiger charge is -2.44. The quantitative estimate of drug-likeness (QED) is 0.491. The van der Waals surface area contributed by atoms with E-state index in [1.54, 1.807) is 19.6 Å². The summed E-state index contributed by atoms with van der Waals surface area (Å²) in [6.07, 6.45) is 12.2. The number of hydrogen-bond acceptors (Lipinski definition) is 9. The maximum absolute atomic E-state index is 13.2. The van der Waals surface area contributed by atoms with Crippen molar-refractivity contribution in [3.8, 4) is 5.75 Å². The van der Waals surface area contributed by atoms with Gasteiger partial charge in [0.15, 0.2) is 12.0 Å². The molecule has 3 aliphatic heterocycles. The first-order valence-corrected chi connectivity index (χ1v) is 14.0. The Bertz CT molecular complexity index is 1430. The molecule has 41 heavy (non-hydrogen) atoms. The number of aromatic nitrogens is 1. The van der Waals surface area contributed by atoms with Crippen LogP contribution in [0.2, 0.25) is 0 Å². The number of carbonyl (C=O) groups excluding carboxylic acids is 1. The summed E-state index contributed by atoms with van der Waals surface area (Å²) in [5, 5.41) is 22.1. The zero-order chi connectivity index (χ0) is 28.4. The average molecular weight is 562 g/mol. The van der Waals surface area contributed by atoms with Crippen molar-refractivity contribution in [3.63, 3.8) is 0 Å². The summed E-state index contributed by atoms with van der Waals surface area (Å²) < 4.78 is 23.1. The number of hydrogen-bond donors (Lipinski definition) is 2. The van der Waals surface area contributed by atoms with Gasteiger partial charge in [0.25, 0.3) is 0 Å². The van der Waals surface area contributed by atoms with E-state index >= 15 is 0 Å². The minimum Gasteiger partial charge on any atom is -0.497 e. The van der Waals surface area contributed by atoms with Crippen molar-refractivity contribution in [3.05, 3.63) is 84.0 Å². The van der Waals surface area contributed by atoms with Gasteiger partial charge in [0, 0.05) is 50.2 Å². The molecular weight excluding hydrogens is 526 g/mol. The maximum Gasteiger partial charge on any atom is 0.417 e. The second-order valence-electron chi connectivity index (χ2n) is 10.9. The molecule has 0 bridgehead atoms. The zero-order valence-electron chi connectivity index (χ0n) is 23.1. The maximum atomic E-state index is 13.2. The molecule has 1 spiro atoms. The van der Waals surface area contributed by atoms with E-state index in [-0.39, 0.29) is 12.5 Å². The van der Waals surface area contributed by atoms with Crippen LogP contribution in [0.4, 0.5) is 4.79 Å². The number of allylic oxidation sites excluding steroid dienone is 4. The summed E-state index contributed by atoms with van der Waals surface area (Å²) in [4.78, 5) is 21.2. The fraction of sp³-hybridized carbons (Fsp3) is 0.419. The minimum atomic E-state index is -0.781. The number of rotatable bonds is 8. The lowest BCUT2D eigenvalue weighted by atomic mass is 9.78. The second kappa shape index (κ2) is 11.6. The molecule has 2 aromatic rings. The number of carbonyl (C=O) groups is 1. The Labute approximate surface area is 238 Å². The highest BCUT2D eigenvalue weighted by molar-refractivity contribution is 5.83. The van der Waals surface area contributed by atoms with Crippen LogP contribution in [0.3, 0.4) is 0 Å². The van der Waals surface area contributed by atoms with Crippen molar-refractivity contribution in [1.82, 2.24) is 14.8 Å². The topological polar surface area (TPSA) is 114 Å². The highest BCUT2D eigenvalue weighted by atomic mass is 16.6. The van der Waals surface area contributed by atoms with E-state index in [0.717, 1.165) is 34.9 Å². The summed E-state index contributed by atoms with van der Waals surface area (Å²) in [5.41, 5.74) is 1.79. The van der Waals surface area contributed by atoms with Crippen LogP contribution in [-0.4, -0.2) is 76.6 Å². The van der Waals surface area contributed by atoms with Gasteiger partial charge in [-0.15, -0.1) is 0 Å². The first kappa shape index (κ1) is 27.3. The third kappa shape index (κ3) is 5.42. The molecule has 1 aromatic carbocycles. The standard InChI is InChI=1S/C31H35N3O7/c1-38-23-7-8-26-25(15-23)24(9-12-32-26)27(36)17-33-13-11-31(22(16-33)10-14-35)20-34(30(37)41-31)29-19-39-18-28(40-29)21-5-3-2-4-6-21/h2-3,5,7-9,12,15,18-19,22,27,35-36H,4,6,10-11,13-14,16-17,20H2,1H3/t22-,27+,31-/m0/s1. The van der Waals surface area contributed by atoms with E-state index in [9.17, 15) is 15.0 Å². The highest BCUT2D eigenvalue weighted by Gasteiger charge is 2.54. The molecule has 6 rings (SSSR count). The van der Waals surface area contributed by atoms with Crippen LogP contribution in [0, 0.1) is 5.92 Å². The molecule has 2 fully saturated rings. The third-order valence-electron chi connectivity index (χ3n) is 8.42. The van der Waals surface area contributed by atoms with Gasteiger partial charge < -0.3 is 29.2 Å². The van der Waals surface area contributed by atoms with Gasteiger partial charge in [0.2, 0.25) is 5.88 Å². The van der Waals surface area contributed by atoms with Gasteiger partial charge in [-0.05, 0) is 54.7 Å². The number of nitrogens with zero attached hydrogens (tertiary/aromatic N) is 3. The number of ether oxygens (including phenoxy) is 4. The Morgan fingerprint density at radius 2 is 2.17 bits per heavy atom. The molecule has 0 saturated carbocycles. The smallest absolute Gasteiger partial charge is 0.417 e. The van der Waals surface area contributed by atoms with E-state index in [1.807, 2.05) is 36.4 Å². The highest BCUT2D eigenvalue weighted by Crippen LogP contribution is 2.42. The molecule has 1 aromatic heterocycles. The van der Waals surface area contributed by atoms with Crippen molar-refractivity contribution >= 4 is 17.0 Å². The number of β-amino-alcohol motifs (C(OH)–C–C–N with tert-alkyl or cyclic N) is 1. The van der Waals surface area contributed by atoms with Crippen molar-refractivity contribution in [2.45, 2.75) is 37.4 Å². The molecule has 1 aliphatic carbocycles. The minimum absolute atomic E-state index is 0.0357. The molecule has 2 saturated heterocycles. The number of amides is 1. The molecule has 4 heterocycles. The molecule has 4 aliphatic rings. The number of aliphatic hydroxyl groups is 2. The monoisotopic (exact) mass is 561 g/mol. The van der Waals surface area contributed by atoms with E-state index in [4.69, 9.17) is 18.9 Å². The zero-order valence-corrected chi connectivity index (χ0v) is 23.1. The van der Waals surface area contributed by atoms with Gasteiger partial charge in [0.1, 0.15) is 17.6 Å². The number of aliphatic hydroxyl groups excluding tert-OH is 2. The normalized spacial score (nSPS) is 25.2. The van der Waals surface area contributed by atoms with Gasteiger partial charge in [-0.3, -0.25) is 9.88 Å². The Balaban J connectivity index is 1.15. The molecule has 3 atom stereocenters. The van der Waals surface area contributed by atoms with Crippen LogP contribution >= 0.6 is 0 Å². The van der Waals surface area contributed by atoms with Crippen LogP contribution in [0.5, 0.6) is 5.75 Å². The Morgan fingerprint density at radius 1 is 1.27 bits per heavy atom. The number of likely N-dealkylation sites (tertiary alicyclic amines) is 1. The van der Waals surface area contributed by atoms with E-state index < -0.39 is 17.8 Å². The summed E-state index contributed by atoms with van der Waals surface area (Å²) in [6.45, 7) is 1.83. The SMILES string of the molecule is COc1ccc2nccc([C@H](O)CN3CC[C@]4(CN(C5=COC=C(C6=CC=CCC6)O5)C(=O)O4)[C@@H](CCO)C3)c2c1. The van der Waals surface area contributed by atoms with Gasteiger partial charge in [-0.2, -0.15) is 0 Å². The summed E-state index contributed by atoms with van der Waals surface area (Å²) >= 11 is 0. The van der Waals surface area contributed by atoms with Crippen molar-refractivity contribution in [2.75, 3.05) is 39.9 Å². The molecule has 2 N–H and O–H groups in total. The number of piperidine rings is 1. The van der Waals surface area contributed by atoms with E-state index in [2.05, 4.69) is 16.0 Å². The largest absolute Gasteiger partial charge is 0.497 e. The summed E-state index contributed by atoms with van der Waals surface area (Å²) in [7, 11) is 1.61. The molecule has 10 heteroatoms. The number of benzene rings is 1. The number of methoxy groups -OCH3 is 1. The van der Waals surface area contributed by atoms with Crippen LogP contribution in [0.1, 0.15) is 37.4 Å². The molecule has 216 valence electrons. The van der Waals surface area contributed by atoms with Crippen LogP contribution in [0.25, 0.3) is 10.9 Å². The molecular formula is C31H35N3O7. The predicted molar refractivity (Wildman–Crippen MR) is 150 cm³/mol. The second-order valence-corrected chi connectivity index (χ2v) is 10.9. The summed E-state index contributed by atoms with van der Waals surface area (Å²) in [5.74, 6) is 1.44. The Hall–Kier alpha value is -3.86. The Morgan fingerprint density at radius 3 is 2.98 bits per heavy atom. The predicted octanol–water partition coefficient (Wildman–Crippen LogP) is 4.14. The fourth-order valence-corrected chi connectivity index (χ4v) is 6.19. The van der Waals surface area contributed by atoms with Gasteiger partial charge in [0.05, 0.1) is 25.3 Å². The number of fused-ring (bicyclic) bond motifs is 1. The Kier molecular flexibility index (Phi) is 7.70. The fourth-order valence-electron chi connectivity index (χ4n) is 6.19. The molecule has 10 nitrogen and oxygen atoms in total. The van der Waals surface area contributed by atoms with Crippen LogP contribution in [-0.2, 0) is 14.2 Å². The lowest BCUT2D eigenvalue weighted by Crippen LogP contribution is -2.55. The van der Waals surface area contributed by atoms with Crippen LogP contribution < -0.4 is 4.74 Å². The first-order valence-electron chi connectivity index (χ1n) is 14.0. The number of pyridine rings is 1. The molecule has 1 amide bonds. The first-order chi connectivity index (χ1) is 20.0. The van der Waals surface area contributed by atoms with Crippen molar-refractivity contribution in [1.29, 1.82) is 0 Å². The average Bonchev–Trinajstić information content (AvgIpc) is 3.35. The van der Waals surface area contributed by atoms with E-state index in [1.165, 1.54) is 11.2 Å². The van der Waals surface area contributed by atoms with Crippen molar-refractivity contribution < 1.29 is 34.0 Å². The van der Waals surface area contributed by atoms with Gasteiger partial charge in [-0.1, -0.05) is 18.2 Å². The summed E-state index contributed by atoms with van der Waals surface area (Å²) in [6, 6.07) is 7.46. The van der Waals surface area contributed by atoms with Gasteiger partial charge in [-0.25, -0.2) is 9.69 Å². The van der Waals surface area contributed by atoms with Crippen LogP contribution in [0.15, 0.2) is 78.4 Å². The molecule has 0 unspecified atom stereocenters. The molecule has 0 radical (unpaired) electrons. The third-order valence-corrected chi connectivity index (χ3v) is 8.42. The lowest BCUT2D eigenvalue weighted by molar-refractivity contribution is -0.0631.